The number of amides is 2. The predicted octanol–water partition coefficient (Wildman–Crippen LogP) is 3.95. The molecule has 3 rings (SSSR count). The first-order valence-electron chi connectivity index (χ1n) is 11.5. The molecule has 2 aromatic rings. The van der Waals surface area contributed by atoms with Crippen LogP contribution in [-0.4, -0.2) is 40.9 Å². The number of hydrogen-bond acceptors (Lipinski definition) is 3. The molecule has 7 heteroatoms. The van der Waals surface area contributed by atoms with Gasteiger partial charge in [-0.1, -0.05) is 31.9 Å². The molecule has 1 aromatic carbocycles. The predicted molar refractivity (Wildman–Crippen MR) is 123 cm³/mol. The lowest BCUT2D eigenvalue weighted by atomic mass is 10.1. The van der Waals surface area contributed by atoms with Gasteiger partial charge in [-0.2, -0.15) is 0 Å². The van der Waals surface area contributed by atoms with Crippen LogP contribution in [0.1, 0.15) is 78.3 Å². The molecular formula is C25H32FN3O3. The molecule has 1 N–H and O–H groups in total. The minimum absolute atomic E-state index is 0.0325. The average Bonchev–Trinajstić information content (AvgIpc) is 3.08. The second-order valence-corrected chi connectivity index (χ2v) is 8.46. The fourth-order valence-electron chi connectivity index (χ4n) is 3.93. The number of halogens is 1. The SMILES string of the molecule is CC[C@@H](C)n1cc(C(=O)NCCc2cccc(F)c2)c(=O)c(C(=O)N2CCCCCC2)c1. The Balaban J connectivity index is 1.83. The topological polar surface area (TPSA) is 71.4 Å². The highest BCUT2D eigenvalue weighted by Gasteiger charge is 2.24. The molecule has 1 saturated heterocycles. The van der Waals surface area contributed by atoms with E-state index in [0.717, 1.165) is 37.7 Å². The van der Waals surface area contributed by atoms with Crippen molar-refractivity contribution in [3.05, 3.63) is 69.4 Å². The zero-order chi connectivity index (χ0) is 23.1. The first kappa shape index (κ1) is 23.7. The molecule has 0 aliphatic carbocycles. The van der Waals surface area contributed by atoms with Crippen LogP contribution < -0.4 is 10.7 Å². The van der Waals surface area contributed by atoms with Crippen molar-refractivity contribution < 1.29 is 14.0 Å². The Morgan fingerprint density at radius 1 is 1.09 bits per heavy atom. The molecule has 1 aliphatic rings. The lowest BCUT2D eigenvalue weighted by molar-refractivity contribution is 0.0759. The summed E-state index contributed by atoms with van der Waals surface area (Å²) in [5.74, 6) is -1.15. The molecule has 0 bridgehead atoms. The molecule has 0 radical (unpaired) electrons. The maximum atomic E-state index is 13.4. The maximum absolute atomic E-state index is 13.4. The van der Waals surface area contributed by atoms with Gasteiger partial charge in [0.1, 0.15) is 16.9 Å². The number of benzene rings is 1. The van der Waals surface area contributed by atoms with Crippen LogP contribution in [0, 0.1) is 5.82 Å². The highest BCUT2D eigenvalue weighted by molar-refractivity contribution is 5.99. The number of likely N-dealkylation sites (tertiary alicyclic amines) is 1. The molecule has 1 fully saturated rings. The van der Waals surface area contributed by atoms with Crippen LogP contribution in [-0.2, 0) is 6.42 Å². The van der Waals surface area contributed by atoms with Crippen LogP contribution in [0.5, 0.6) is 0 Å². The molecule has 6 nitrogen and oxygen atoms in total. The first-order chi connectivity index (χ1) is 15.4. The van der Waals surface area contributed by atoms with Gasteiger partial charge in [0.05, 0.1) is 0 Å². The van der Waals surface area contributed by atoms with E-state index < -0.39 is 11.3 Å². The molecule has 2 heterocycles. The number of nitrogens with one attached hydrogen (secondary N) is 1. The van der Waals surface area contributed by atoms with Crippen molar-refractivity contribution in [2.75, 3.05) is 19.6 Å². The van der Waals surface area contributed by atoms with E-state index >= 15 is 0 Å². The van der Waals surface area contributed by atoms with Crippen LogP contribution in [0.2, 0.25) is 0 Å². The van der Waals surface area contributed by atoms with E-state index in [1.165, 1.54) is 18.3 Å². The van der Waals surface area contributed by atoms with E-state index in [4.69, 9.17) is 0 Å². The Labute approximate surface area is 188 Å². The molecule has 0 unspecified atom stereocenters. The number of carbonyl (C=O) groups excluding carboxylic acids is 2. The number of rotatable bonds is 7. The minimum atomic E-state index is -0.540. The van der Waals surface area contributed by atoms with Crippen molar-refractivity contribution in [1.29, 1.82) is 0 Å². The number of nitrogens with zero attached hydrogens (tertiary/aromatic N) is 2. The van der Waals surface area contributed by atoms with Gasteiger partial charge in [0, 0.05) is 38.1 Å². The molecule has 32 heavy (non-hydrogen) atoms. The van der Waals surface area contributed by atoms with E-state index in [0.29, 0.717) is 19.5 Å². The van der Waals surface area contributed by atoms with E-state index in [-0.39, 0.29) is 35.4 Å². The summed E-state index contributed by atoms with van der Waals surface area (Å²) in [6.45, 7) is 5.51. The van der Waals surface area contributed by atoms with Crippen molar-refractivity contribution in [2.24, 2.45) is 0 Å². The van der Waals surface area contributed by atoms with Crippen molar-refractivity contribution in [3.63, 3.8) is 0 Å². The van der Waals surface area contributed by atoms with Crippen LogP contribution in [0.4, 0.5) is 4.39 Å². The third-order valence-electron chi connectivity index (χ3n) is 6.10. The molecule has 0 spiro atoms. The largest absolute Gasteiger partial charge is 0.352 e. The van der Waals surface area contributed by atoms with Gasteiger partial charge in [-0.3, -0.25) is 14.4 Å². The average molecular weight is 442 g/mol. The summed E-state index contributed by atoms with van der Waals surface area (Å²) in [4.78, 5) is 40.9. The normalized spacial score (nSPS) is 15.2. The van der Waals surface area contributed by atoms with Gasteiger partial charge in [-0.05, 0) is 50.3 Å². The molecule has 0 saturated carbocycles. The van der Waals surface area contributed by atoms with Crippen molar-refractivity contribution in [2.45, 2.75) is 58.4 Å². The monoisotopic (exact) mass is 441 g/mol. The fraction of sp³-hybridized carbons (Fsp3) is 0.480. The van der Waals surface area contributed by atoms with Gasteiger partial charge >= 0.3 is 0 Å². The molecule has 1 aromatic heterocycles. The van der Waals surface area contributed by atoms with E-state index in [1.807, 2.05) is 13.8 Å². The van der Waals surface area contributed by atoms with Crippen LogP contribution in [0.15, 0.2) is 41.5 Å². The zero-order valence-corrected chi connectivity index (χ0v) is 18.9. The maximum Gasteiger partial charge on any atom is 0.259 e. The molecule has 2 amide bonds. The summed E-state index contributed by atoms with van der Waals surface area (Å²) >= 11 is 0. The van der Waals surface area contributed by atoms with Gasteiger partial charge in [0.2, 0.25) is 5.43 Å². The van der Waals surface area contributed by atoms with E-state index in [9.17, 15) is 18.8 Å². The molecule has 1 atom stereocenters. The lowest BCUT2D eigenvalue weighted by Gasteiger charge is -2.22. The Bertz CT molecular complexity index is 1010. The van der Waals surface area contributed by atoms with E-state index in [1.54, 1.807) is 27.8 Å². The fourth-order valence-corrected chi connectivity index (χ4v) is 3.93. The third-order valence-corrected chi connectivity index (χ3v) is 6.10. The van der Waals surface area contributed by atoms with Crippen LogP contribution in [0.25, 0.3) is 0 Å². The van der Waals surface area contributed by atoms with Crippen LogP contribution in [0.3, 0.4) is 0 Å². The smallest absolute Gasteiger partial charge is 0.259 e. The summed E-state index contributed by atoms with van der Waals surface area (Å²) in [6, 6.07) is 6.22. The molecule has 1 aliphatic heterocycles. The zero-order valence-electron chi connectivity index (χ0n) is 18.9. The van der Waals surface area contributed by atoms with Crippen molar-refractivity contribution >= 4 is 11.8 Å². The standard InChI is InChI=1S/C25H32FN3O3/c1-3-18(2)29-16-21(24(31)27-12-11-19-9-8-10-20(26)15-19)23(30)22(17-29)25(32)28-13-6-4-5-7-14-28/h8-10,15-18H,3-7,11-14H2,1-2H3,(H,27,31)/t18-/m1/s1. The highest BCUT2D eigenvalue weighted by atomic mass is 19.1. The number of hydrogen-bond donors (Lipinski definition) is 1. The van der Waals surface area contributed by atoms with Gasteiger partial charge in [0.15, 0.2) is 0 Å². The quantitative estimate of drug-likeness (QED) is 0.707. The number of aromatic nitrogens is 1. The molecular weight excluding hydrogens is 409 g/mol. The Kier molecular flexibility index (Phi) is 8.20. The minimum Gasteiger partial charge on any atom is -0.352 e. The van der Waals surface area contributed by atoms with Gasteiger partial charge in [-0.15, -0.1) is 0 Å². The van der Waals surface area contributed by atoms with Gasteiger partial charge in [0.25, 0.3) is 11.8 Å². The second kappa shape index (κ2) is 11.1. The third kappa shape index (κ3) is 5.84. The molecule has 172 valence electrons. The van der Waals surface area contributed by atoms with Gasteiger partial charge in [-0.25, -0.2) is 4.39 Å². The summed E-state index contributed by atoms with van der Waals surface area (Å²) < 4.78 is 15.1. The van der Waals surface area contributed by atoms with Crippen molar-refractivity contribution in [1.82, 2.24) is 14.8 Å². The number of pyridine rings is 1. The first-order valence-corrected chi connectivity index (χ1v) is 11.5. The van der Waals surface area contributed by atoms with E-state index in [2.05, 4.69) is 5.32 Å². The Morgan fingerprint density at radius 3 is 2.44 bits per heavy atom. The Morgan fingerprint density at radius 2 is 1.78 bits per heavy atom. The lowest BCUT2D eigenvalue weighted by Crippen LogP contribution is -2.38. The summed E-state index contributed by atoms with van der Waals surface area (Å²) in [5, 5.41) is 2.75. The summed E-state index contributed by atoms with van der Waals surface area (Å²) in [7, 11) is 0. The number of carbonyl (C=O) groups is 2. The summed E-state index contributed by atoms with van der Waals surface area (Å²) in [5.41, 5.74) is 0.227. The summed E-state index contributed by atoms with van der Waals surface area (Å²) in [6.07, 6.45) is 8.36. The van der Waals surface area contributed by atoms with Crippen molar-refractivity contribution in [3.8, 4) is 0 Å². The highest BCUT2D eigenvalue weighted by Crippen LogP contribution is 2.15. The second-order valence-electron chi connectivity index (χ2n) is 8.46. The Hall–Kier alpha value is -2.96. The van der Waals surface area contributed by atoms with Gasteiger partial charge < -0.3 is 14.8 Å². The van der Waals surface area contributed by atoms with Crippen LogP contribution >= 0.6 is 0 Å².